The van der Waals surface area contributed by atoms with Crippen LogP contribution in [0.5, 0.6) is 0 Å². The first-order chi connectivity index (χ1) is 6.65. The van der Waals surface area contributed by atoms with Crippen LogP contribution in [0.15, 0.2) is 24.5 Å². The van der Waals surface area contributed by atoms with E-state index in [4.69, 9.17) is 23.2 Å². The molecule has 0 saturated heterocycles. The second-order valence-corrected chi connectivity index (χ2v) is 3.74. The van der Waals surface area contributed by atoms with Crippen molar-refractivity contribution in [3.05, 3.63) is 40.4 Å². The molecule has 0 saturated carbocycles. The Balaban J connectivity index is 2.51. The van der Waals surface area contributed by atoms with Crippen molar-refractivity contribution in [2.24, 2.45) is 0 Å². The molecule has 0 atom stereocenters. The van der Waals surface area contributed by atoms with E-state index in [1.807, 2.05) is 6.92 Å². The maximum absolute atomic E-state index is 5.86. The van der Waals surface area contributed by atoms with E-state index < -0.39 is 0 Å². The minimum absolute atomic E-state index is 0.584. The molecular formula is C9H7Cl2N3. The number of aryl methyl sites for hydroxylation is 1. The zero-order valence-corrected chi connectivity index (χ0v) is 8.92. The van der Waals surface area contributed by atoms with Gasteiger partial charge in [0.15, 0.2) is 0 Å². The average molecular weight is 228 g/mol. The van der Waals surface area contributed by atoms with Gasteiger partial charge >= 0.3 is 0 Å². The highest BCUT2D eigenvalue weighted by atomic mass is 35.5. The number of hydrogen-bond acceptors (Lipinski definition) is 2. The van der Waals surface area contributed by atoms with E-state index in [0.29, 0.717) is 15.9 Å². The highest BCUT2D eigenvalue weighted by Gasteiger charge is 2.02. The van der Waals surface area contributed by atoms with Gasteiger partial charge in [-0.05, 0) is 25.1 Å². The third-order valence-electron chi connectivity index (χ3n) is 1.72. The first kappa shape index (κ1) is 9.49. The molecule has 14 heavy (non-hydrogen) atoms. The van der Waals surface area contributed by atoms with Gasteiger partial charge in [0.1, 0.15) is 12.2 Å². The molecule has 0 fully saturated rings. The molecule has 1 heterocycles. The fourth-order valence-electron chi connectivity index (χ4n) is 1.14. The predicted molar refractivity (Wildman–Crippen MR) is 56.1 cm³/mol. The first-order valence-electron chi connectivity index (χ1n) is 4.00. The van der Waals surface area contributed by atoms with Crippen LogP contribution in [0.1, 0.15) is 5.82 Å². The largest absolute Gasteiger partial charge is 0.221 e. The number of nitrogens with zero attached hydrogens (tertiary/aromatic N) is 3. The van der Waals surface area contributed by atoms with E-state index in [0.717, 1.165) is 5.69 Å². The van der Waals surface area contributed by atoms with Crippen molar-refractivity contribution in [2.75, 3.05) is 0 Å². The molecule has 0 amide bonds. The lowest BCUT2D eigenvalue weighted by molar-refractivity contribution is 0.863. The fourth-order valence-corrected chi connectivity index (χ4v) is 1.66. The summed E-state index contributed by atoms with van der Waals surface area (Å²) in [6, 6.07) is 5.24. The number of benzene rings is 1. The van der Waals surface area contributed by atoms with E-state index in [2.05, 4.69) is 10.1 Å². The Hall–Kier alpha value is -1.06. The quantitative estimate of drug-likeness (QED) is 0.751. The maximum Gasteiger partial charge on any atom is 0.147 e. The van der Waals surface area contributed by atoms with E-state index >= 15 is 0 Å². The molecule has 2 rings (SSSR count). The van der Waals surface area contributed by atoms with Crippen molar-refractivity contribution in [1.82, 2.24) is 14.8 Å². The topological polar surface area (TPSA) is 30.7 Å². The zero-order valence-electron chi connectivity index (χ0n) is 7.41. The second-order valence-electron chi connectivity index (χ2n) is 2.86. The smallest absolute Gasteiger partial charge is 0.147 e. The Morgan fingerprint density at radius 2 is 1.79 bits per heavy atom. The van der Waals surface area contributed by atoms with Gasteiger partial charge < -0.3 is 0 Å². The molecule has 2 aromatic rings. The van der Waals surface area contributed by atoms with Crippen LogP contribution in [-0.4, -0.2) is 14.8 Å². The van der Waals surface area contributed by atoms with Crippen LogP contribution in [0.25, 0.3) is 5.69 Å². The summed E-state index contributed by atoms with van der Waals surface area (Å²) in [6.45, 7) is 1.82. The fraction of sp³-hybridized carbons (Fsp3) is 0.111. The van der Waals surface area contributed by atoms with Crippen molar-refractivity contribution >= 4 is 23.2 Å². The molecule has 1 aromatic heterocycles. The van der Waals surface area contributed by atoms with Crippen LogP contribution >= 0.6 is 23.2 Å². The second kappa shape index (κ2) is 3.59. The van der Waals surface area contributed by atoms with E-state index in [9.17, 15) is 0 Å². The Labute approximate surface area is 91.3 Å². The molecule has 72 valence electrons. The first-order valence-corrected chi connectivity index (χ1v) is 4.75. The minimum atomic E-state index is 0.584. The Bertz CT molecular complexity index is 445. The lowest BCUT2D eigenvalue weighted by atomic mass is 10.3. The molecule has 5 heteroatoms. The van der Waals surface area contributed by atoms with Gasteiger partial charge in [-0.3, -0.25) is 0 Å². The van der Waals surface area contributed by atoms with Crippen LogP contribution < -0.4 is 0 Å². The van der Waals surface area contributed by atoms with E-state index in [1.54, 1.807) is 29.2 Å². The molecule has 0 bridgehead atoms. The summed E-state index contributed by atoms with van der Waals surface area (Å²) in [6.07, 6.45) is 1.62. The zero-order chi connectivity index (χ0) is 10.1. The van der Waals surface area contributed by atoms with Crippen molar-refractivity contribution < 1.29 is 0 Å². The number of aromatic nitrogens is 3. The monoisotopic (exact) mass is 227 g/mol. The van der Waals surface area contributed by atoms with Gasteiger partial charge in [-0.1, -0.05) is 23.2 Å². The van der Waals surface area contributed by atoms with Gasteiger partial charge in [0.2, 0.25) is 0 Å². The third-order valence-corrected chi connectivity index (χ3v) is 2.15. The van der Waals surface area contributed by atoms with Crippen LogP contribution in [0.3, 0.4) is 0 Å². The van der Waals surface area contributed by atoms with Crippen LogP contribution in [-0.2, 0) is 0 Å². The molecule has 3 nitrogen and oxygen atoms in total. The van der Waals surface area contributed by atoms with Crippen LogP contribution in [0, 0.1) is 6.92 Å². The molecule has 0 unspecified atom stereocenters. The predicted octanol–water partition coefficient (Wildman–Crippen LogP) is 2.88. The SMILES string of the molecule is Cc1ncn(-c2cc(Cl)cc(Cl)c2)n1. The minimum Gasteiger partial charge on any atom is -0.221 e. The normalized spacial score (nSPS) is 10.5. The molecule has 0 radical (unpaired) electrons. The Kier molecular flexibility index (Phi) is 2.44. The summed E-state index contributed by atoms with van der Waals surface area (Å²) in [7, 11) is 0. The van der Waals surface area contributed by atoms with E-state index in [1.165, 1.54) is 0 Å². The molecule has 0 spiro atoms. The third kappa shape index (κ3) is 1.89. The molecule has 0 aliphatic heterocycles. The lowest BCUT2D eigenvalue weighted by Gasteiger charge is -2.01. The molecular weight excluding hydrogens is 221 g/mol. The van der Waals surface area contributed by atoms with E-state index in [-0.39, 0.29) is 0 Å². The highest BCUT2D eigenvalue weighted by molar-refractivity contribution is 6.34. The molecule has 0 N–H and O–H groups in total. The van der Waals surface area contributed by atoms with Gasteiger partial charge in [0.25, 0.3) is 0 Å². The standard InChI is InChI=1S/C9H7Cl2N3/c1-6-12-5-14(13-6)9-3-7(10)2-8(11)4-9/h2-5H,1H3. The molecule has 0 aliphatic rings. The highest BCUT2D eigenvalue weighted by Crippen LogP contribution is 2.20. The van der Waals surface area contributed by atoms with Gasteiger partial charge in [-0.25, -0.2) is 9.67 Å². The summed E-state index contributed by atoms with van der Waals surface area (Å²) < 4.78 is 1.63. The summed E-state index contributed by atoms with van der Waals surface area (Å²) in [5, 5.41) is 5.32. The number of halogens is 2. The summed E-state index contributed by atoms with van der Waals surface area (Å²) in [5.41, 5.74) is 0.808. The number of hydrogen-bond donors (Lipinski definition) is 0. The van der Waals surface area contributed by atoms with Gasteiger partial charge in [0.05, 0.1) is 5.69 Å². The van der Waals surface area contributed by atoms with Crippen molar-refractivity contribution in [2.45, 2.75) is 6.92 Å². The van der Waals surface area contributed by atoms with Crippen LogP contribution in [0.2, 0.25) is 10.0 Å². The number of rotatable bonds is 1. The average Bonchev–Trinajstić information content (AvgIpc) is 2.50. The summed E-state index contributed by atoms with van der Waals surface area (Å²) in [5.74, 6) is 0.709. The van der Waals surface area contributed by atoms with Gasteiger partial charge in [0, 0.05) is 10.0 Å². The Morgan fingerprint density at radius 1 is 1.14 bits per heavy atom. The molecule has 0 aliphatic carbocycles. The molecule has 1 aromatic carbocycles. The van der Waals surface area contributed by atoms with Crippen molar-refractivity contribution in [3.63, 3.8) is 0 Å². The van der Waals surface area contributed by atoms with Crippen molar-refractivity contribution in [1.29, 1.82) is 0 Å². The summed E-state index contributed by atoms with van der Waals surface area (Å²) >= 11 is 11.7. The van der Waals surface area contributed by atoms with Crippen molar-refractivity contribution in [3.8, 4) is 5.69 Å². The maximum atomic E-state index is 5.86. The lowest BCUT2D eigenvalue weighted by Crippen LogP contribution is -1.94. The van der Waals surface area contributed by atoms with Gasteiger partial charge in [-0.2, -0.15) is 5.10 Å². The van der Waals surface area contributed by atoms with Crippen LogP contribution in [0.4, 0.5) is 0 Å². The van der Waals surface area contributed by atoms with Gasteiger partial charge in [-0.15, -0.1) is 0 Å². The Morgan fingerprint density at radius 3 is 2.29 bits per heavy atom. The summed E-state index contributed by atoms with van der Waals surface area (Å²) in [4.78, 5) is 4.02.